The minimum Gasteiger partial charge on any atom is -0.355 e. The number of nitrogens with zero attached hydrogens (tertiary/aromatic N) is 1. The standard InChI is InChI=1S/C14H15N3O4/c1-8(18)15-5-6-16-12(19)9-3-4-10-11(7-9)14(21)17(2)13(10)20/h3-4,7H,5-6H2,1-2H3,(H,15,18)(H,16,19). The van der Waals surface area contributed by atoms with Crippen LogP contribution in [0.15, 0.2) is 18.2 Å². The molecule has 110 valence electrons. The summed E-state index contributed by atoms with van der Waals surface area (Å²) in [6.45, 7) is 2.00. The summed E-state index contributed by atoms with van der Waals surface area (Å²) in [7, 11) is 1.40. The third-order valence-corrected chi connectivity index (χ3v) is 3.14. The summed E-state index contributed by atoms with van der Waals surface area (Å²) < 4.78 is 0. The van der Waals surface area contributed by atoms with Crippen molar-refractivity contribution in [3.05, 3.63) is 34.9 Å². The van der Waals surface area contributed by atoms with Crippen LogP contribution in [0.2, 0.25) is 0 Å². The molecule has 0 saturated carbocycles. The van der Waals surface area contributed by atoms with Crippen molar-refractivity contribution < 1.29 is 19.2 Å². The predicted molar refractivity (Wildman–Crippen MR) is 73.9 cm³/mol. The molecule has 1 heterocycles. The smallest absolute Gasteiger partial charge is 0.261 e. The minimum atomic E-state index is -0.414. The molecule has 0 aliphatic carbocycles. The molecule has 0 unspecified atom stereocenters. The highest BCUT2D eigenvalue weighted by Gasteiger charge is 2.33. The van der Waals surface area contributed by atoms with Gasteiger partial charge in [-0.15, -0.1) is 0 Å². The van der Waals surface area contributed by atoms with E-state index in [0.717, 1.165) is 4.90 Å². The molecule has 0 aromatic heterocycles. The Hall–Kier alpha value is -2.70. The first-order valence-corrected chi connectivity index (χ1v) is 6.41. The molecule has 4 amide bonds. The fraction of sp³-hybridized carbons (Fsp3) is 0.286. The quantitative estimate of drug-likeness (QED) is 0.591. The van der Waals surface area contributed by atoms with E-state index in [9.17, 15) is 19.2 Å². The van der Waals surface area contributed by atoms with Crippen LogP contribution in [-0.4, -0.2) is 48.7 Å². The highest BCUT2D eigenvalue weighted by atomic mass is 16.2. The van der Waals surface area contributed by atoms with Gasteiger partial charge in [-0.2, -0.15) is 0 Å². The lowest BCUT2D eigenvalue weighted by Crippen LogP contribution is -2.33. The first kappa shape index (κ1) is 14.7. The molecule has 1 aliphatic heterocycles. The molecule has 1 aromatic carbocycles. The van der Waals surface area contributed by atoms with Gasteiger partial charge in [0.05, 0.1) is 11.1 Å². The Morgan fingerprint density at radius 3 is 2.33 bits per heavy atom. The lowest BCUT2D eigenvalue weighted by molar-refractivity contribution is -0.118. The van der Waals surface area contributed by atoms with Gasteiger partial charge in [0.2, 0.25) is 5.91 Å². The van der Waals surface area contributed by atoms with Gasteiger partial charge >= 0.3 is 0 Å². The summed E-state index contributed by atoms with van der Waals surface area (Å²) in [5, 5.41) is 5.17. The van der Waals surface area contributed by atoms with E-state index in [1.165, 1.54) is 32.2 Å². The second kappa shape index (κ2) is 5.74. The Balaban J connectivity index is 2.06. The second-order valence-corrected chi connectivity index (χ2v) is 4.67. The summed E-state index contributed by atoms with van der Waals surface area (Å²) in [5.41, 5.74) is 0.835. The molecular weight excluding hydrogens is 274 g/mol. The van der Waals surface area contributed by atoms with Crippen LogP contribution in [0.3, 0.4) is 0 Å². The van der Waals surface area contributed by atoms with Crippen molar-refractivity contribution in [3.8, 4) is 0 Å². The third-order valence-electron chi connectivity index (χ3n) is 3.14. The fourth-order valence-electron chi connectivity index (χ4n) is 2.02. The van der Waals surface area contributed by atoms with Crippen molar-refractivity contribution in [3.63, 3.8) is 0 Å². The summed E-state index contributed by atoms with van der Waals surface area (Å²) in [5.74, 6) is -1.32. The molecule has 0 bridgehead atoms. The Kier molecular flexibility index (Phi) is 4.02. The maximum Gasteiger partial charge on any atom is 0.261 e. The van der Waals surface area contributed by atoms with Crippen LogP contribution in [0.5, 0.6) is 0 Å². The number of hydrogen-bond acceptors (Lipinski definition) is 4. The molecule has 2 N–H and O–H groups in total. The summed E-state index contributed by atoms with van der Waals surface area (Å²) in [4.78, 5) is 47.2. The normalized spacial score (nSPS) is 13.1. The van der Waals surface area contributed by atoms with Gasteiger partial charge in [-0.3, -0.25) is 24.1 Å². The zero-order valence-electron chi connectivity index (χ0n) is 11.7. The van der Waals surface area contributed by atoms with E-state index in [1.54, 1.807) is 0 Å². The van der Waals surface area contributed by atoms with E-state index >= 15 is 0 Å². The predicted octanol–water partition coefficient (Wildman–Crippen LogP) is -0.222. The Labute approximate surface area is 121 Å². The largest absolute Gasteiger partial charge is 0.355 e. The lowest BCUT2D eigenvalue weighted by Gasteiger charge is -2.06. The zero-order valence-corrected chi connectivity index (χ0v) is 11.7. The molecule has 0 fully saturated rings. The van der Waals surface area contributed by atoms with Crippen LogP contribution in [0.4, 0.5) is 0 Å². The monoisotopic (exact) mass is 289 g/mol. The number of hydrogen-bond donors (Lipinski definition) is 2. The summed E-state index contributed by atoms with van der Waals surface area (Å²) in [6, 6.07) is 4.38. The van der Waals surface area contributed by atoms with Gasteiger partial charge in [-0.25, -0.2) is 0 Å². The summed E-state index contributed by atoms with van der Waals surface area (Å²) >= 11 is 0. The van der Waals surface area contributed by atoms with Crippen LogP contribution in [-0.2, 0) is 4.79 Å². The van der Waals surface area contributed by atoms with Gasteiger partial charge in [-0.1, -0.05) is 0 Å². The van der Waals surface area contributed by atoms with Crippen molar-refractivity contribution in [2.45, 2.75) is 6.92 Å². The van der Waals surface area contributed by atoms with Crippen LogP contribution in [0, 0.1) is 0 Å². The van der Waals surface area contributed by atoms with E-state index in [-0.39, 0.29) is 29.8 Å². The maximum atomic E-state index is 11.9. The Morgan fingerprint density at radius 1 is 1.05 bits per heavy atom. The average molecular weight is 289 g/mol. The highest BCUT2D eigenvalue weighted by Crippen LogP contribution is 2.22. The number of carbonyl (C=O) groups excluding carboxylic acids is 4. The SMILES string of the molecule is CC(=O)NCCNC(=O)c1ccc2c(c1)C(=O)N(C)C2=O. The number of nitrogens with one attached hydrogen (secondary N) is 2. The zero-order chi connectivity index (χ0) is 15.6. The molecule has 7 heteroatoms. The Bertz CT molecular complexity index is 639. The van der Waals surface area contributed by atoms with Gasteiger partial charge in [0.15, 0.2) is 0 Å². The van der Waals surface area contributed by atoms with Crippen molar-refractivity contribution in [1.29, 1.82) is 0 Å². The van der Waals surface area contributed by atoms with E-state index in [4.69, 9.17) is 0 Å². The number of amides is 4. The average Bonchev–Trinajstić information content (AvgIpc) is 2.68. The molecule has 0 atom stereocenters. The highest BCUT2D eigenvalue weighted by molar-refractivity contribution is 6.21. The molecule has 21 heavy (non-hydrogen) atoms. The first-order valence-electron chi connectivity index (χ1n) is 6.41. The van der Waals surface area contributed by atoms with E-state index < -0.39 is 5.91 Å². The van der Waals surface area contributed by atoms with Gasteiger partial charge in [0.1, 0.15) is 0 Å². The van der Waals surface area contributed by atoms with E-state index in [2.05, 4.69) is 10.6 Å². The van der Waals surface area contributed by atoms with Crippen molar-refractivity contribution in [1.82, 2.24) is 15.5 Å². The molecule has 1 aliphatic rings. The number of fused-ring (bicyclic) bond motifs is 1. The van der Waals surface area contributed by atoms with Gasteiger partial charge < -0.3 is 10.6 Å². The third kappa shape index (κ3) is 2.91. The van der Waals surface area contributed by atoms with Crippen molar-refractivity contribution in [2.24, 2.45) is 0 Å². The van der Waals surface area contributed by atoms with Crippen LogP contribution in [0.25, 0.3) is 0 Å². The molecule has 0 spiro atoms. The first-order chi connectivity index (χ1) is 9.91. The van der Waals surface area contributed by atoms with E-state index in [1.807, 2.05) is 0 Å². The topological polar surface area (TPSA) is 95.6 Å². The van der Waals surface area contributed by atoms with Crippen molar-refractivity contribution in [2.75, 3.05) is 20.1 Å². The molecule has 2 rings (SSSR count). The second-order valence-electron chi connectivity index (χ2n) is 4.67. The van der Waals surface area contributed by atoms with Crippen LogP contribution in [0.1, 0.15) is 38.0 Å². The molecule has 7 nitrogen and oxygen atoms in total. The molecule has 0 radical (unpaired) electrons. The molecular formula is C14H15N3O4. The molecule has 1 aromatic rings. The van der Waals surface area contributed by atoms with Crippen LogP contribution >= 0.6 is 0 Å². The lowest BCUT2D eigenvalue weighted by atomic mass is 10.1. The van der Waals surface area contributed by atoms with Gasteiger partial charge in [0.25, 0.3) is 17.7 Å². The maximum absolute atomic E-state index is 11.9. The number of imide groups is 1. The van der Waals surface area contributed by atoms with Gasteiger partial charge in [0, 0.05) is 32.6 Å². The fourth-order valence-corrected chi connectivity index (χ4v) is 2.02. The number of carbonyl (C=O) groups is 4. The number of rotatable bonds is 4. The Morgan fingerprint density at radius 2 is 1.67 bits per heavy atom. The minimum absolute atomic E-state index is 0.172. The summed E-state index contributed by atoms with van der Waals surface area (Å²) in [6.07, 6.45) is 0. The van der Waals surface area contributed by atoms with E-state index in [0.29, 0.717) is 17.7 Å². The van der Waals surface area contributed by atoms with Crippen LogP contribution < -0.4 is 10.6 Å². The van der Waals surface area contributed by atoms with Crippen molar-refractivity contribution >= 4 is 23.6 Å². The number of benzene rings is 1. The molecule has 0 saturated heterocycles. The van der Waals surface area contributed by atoms with Gasteiger partial charge in [-0.05, 0) is 18.2 Å².